The van der Waals surface area contributed by atoms with Crippen LogP contribution in [0.5, 0.6) is 5.75 Å². The van der Waals surface area contributed by atoms with Crippen LogP contribution in [-0.4, -0.2) is 56.2 Å². The van der Waals surface area contributed by atoms with Crippen molar-refractivity contribution >= 4 is 11.8 Å². The second-order valence-corrected chi connectivity index (χ2v) is 5.97. The van der Waals surface area contributed by atoms with Crippen LogP contribution in [0.4, 0.5) is 0 Å². The van der Waals surface area contributed by atoms with Crippen molar-refractivity contribution in [2.24, 2.45) is 0 Å². The number of nitrogens with zero attached hydrogens (tertiary/aromatic N) is 1. The molecule has 6 nitrogen and oxygen atoms in total. The van der Waals surface area contributed by atoms with E-state index < -0.39 is 5.60 Å². The maximum atomic E-state index is 12.6. The van der Waals surface area contributed by atoms with Gasteiger partial charge in [-0.3, -0.25) is 9.59 Å². The number of benzene rings is 1. The molecule has 23 heavy (non-hydrogen) atoms. The SMILES string of the molecule is CNC(=O)C1(C)CN(C(=O)Cc2cc(C)ccc2OC)CCO1. The van der Waals surface area contributed by atoms with Gasteiger partial charge in [0.2, 0.25) is 5.91 Å². The number of likely N-dealkylation sites (N-methyl/N-ethyl adjacent to an activating group) is 1. The first-order chi connectivity index (χ1) is 10.9. The Labute approximate surface area is 136 Å². The summed E-state index contributed by atoms with van der Waals surface area (Å²) in [4.78, 5) is 26.3. The molecule has 1 atom stereocenters. The van der Waals surface area contributed by atoms with Gasteiger partial charge < -0.3 is 19.7 Å². The predicted molar refractivity (Wildman–Crippen MR) is 86.4 cm³/mol. The van der Waals surface area contributed by atoms with Gasteiger partial charge >= 0.3 is 0 Å². The summed E-state index contributed by atoms with van der Waals surface area (Å²) in [7, 11) is 3.16. The van der Waals surface area contributed by atoms with Crippen LogP contribution in [0.1, 0.15) is 18.1 Å². The summed E-state index contributed by atoms with van der Waals surface area (Å²) in [6.07, 6.45) is 0.245. The maximum Gasteiger partial charge on any atom is 0.253 e. The van der Waals surface area contributed by atoms with Crippen LogP contribution < -0.4 is 10.1 Å². The molecular formula is C17H24N2O4. The topological polar surface area (TPSA) is 67.9 Å². The van der Waals surface area contributed by atoms with E-state index in [2.05, 4.69) is 5.32 Å². The molecule has 1 N–H and O–H groups in total. The first kappa shape index (κ1) is 17.3. The highest BCUT2D eigenvalue weighted by Gasteiger charge is 2.40. The summed E-state index contributed by atoms with van der Waals surface area (Å²) in [5.41, 5.74) is 0.927. The monoisotopic (exact) mass is 320 g/mol. The van der Waals surface area contributed by atoms with Crippen molar-refractivity contribution in [1.29, 1.82) is 0 Å². The van der Waals surface area contributed by atoms with Gasteiger partial charge in [0.05, 0.1) is 26.7 Å². The molecule has 2 amide bonds. The van der Waals surface area contributed by atoms with Crippen molar-refractivity contribution in [2.45, 2.75) is 25.9 Å². The van der Waals surface area contributed by atoms with Gasteiger partial charge in [0.25, 0.3) is 5.91 Å². The highest BCUT2D eigenvalue weighted by molar-refractivity contribution is 5.86. The summed E-state index contributed by atoms with van der Waals surface area (Å²) in [6, 6.07) is 5.77. The van der Waals surface area contributed by atoms with Gasteiger partial charge in [0.15, 0.2) is 5.60 Å². The van der Waals surface area contributed by atoms with E-state index in [1.807, 2.05) is 25.1 Å². The fourth-order valence-corrected chi connectivity index (χ4v) is 2.80. The van der Waals surface area contributed by atoms with Crippen molar-refractivity contribution in [1.82, 2.24) is 10.2 Å². The molecule has 1 unspecified atom stereocenters. The van der Waals surface area contributed by atoms with Gasteiger partial charge in [-0.25, -0.2) is 0 Å². The Morgan fingerprint density at radius 2 is 2.17 bits per heavy atom. The second-order valence-electron chi connectivity index (χ2n) is 5.97. The van der Waals surface area contributed by atoms with Crippen LogP contribution >= 0.6 is 0 Å². The number of amides is 2. The summed E-state index contributed by atoms with van der Waals surface area (Å²) in [5.74, 6) is 0.446. The summed E-state index contributed by atoms with van der Waals surface area (Å²) < 4.78 is 10.9. The normalized spacial score (nSPS) is 21.0. The molecule has 1 fully saturated rings. The Balaban J connectivity index is 2.12. The molecule has 0 bridgehead atoms. The van der Waals surface area contributed by atoms with E-state index in [0.717, 1.165) is 11.1 Å². The van der Waals surface area contributed by atoms with Gasteiger partial charge in [-0.1, -0.05) is 17.7 Å². The molecular weight excluding hydrogens is 296 g/mol. The number of nitrogens with one attached hydrogen (secondary N) is 1. The van der Waals surface area contributed by atoms with Crippen molar-refractivity contribution in [3.63, 3.8) is 0 Å². The molecule has 1 heterocycles. The molecule has 0 aliphatic carbocycles. The summed E-state index contributed by atoms with van der Waals surface area (Å²) in [6.45, 7) is 4.77. The number of hydrogen-bond acceptors (Lipinski definition) is 4. The third-order valence-corrected chi connectivity index (χ3v) is 4.11. The summed E-state index contributed by atoms with van der Waals surface area (Å²) in [5, 5.41) is 2.59. The van der Waals surface area contributed by atoms with Gasteiger partial charge in [-0.2, -0.15) is 0 Å². The zero-order valence-corrected chi connectivity index (χ0v) is 14.1. The number of carbonyl (C=O) groups excluding carboxylic acids is 2. The minimum Gasteiger partial charge on any atom is -0.496 e. The van der Waals surface area contributed by atoms with Crippen molar-refractivity contribution in [2.75, 3.05) is 33.9 Å². The standard InChI is InChI=1S/C17H24N2O4/c1-12-5-6-14(22-4)13(9-12)10-15(20)19-7-8-23-17(2,11-19)16(21)18-3/h5-6,9H,7-8,10-11H2,1-4H3,(H,18,21). The van der Waals surface area contributed by atoms with Crippen LogP contribution in [-0.2, 0) is 20.7 Å². The molecule has 1 aliphatic rings. The van der Waals surface area contributed by atoms with Crippen LogP contribution in [0.3, 0.4) is 0 Å². The van der Waals surface area contributed by atoms with Crippen molar-refractivity contribution < 1.29 is 19.1 Å². The number of ether oxygens (including phenoxy) is 2. The Bertz CT molecular complexity index is 602. The van der Waals surface area contributed by atoms with Gasteiger partial charge in [0.1, 0.15) is 5.75 Å². The first-order valence-corrected chi connectivity index (χ1v) is 7.67. The van der Waals surface area contributed by atoms with E-state index in [9.17, 15) is 9.59 Å². The molecule has 1 aliphatic heterocycles. The Hall–Kier alpha value is -2.08. The Morgan fingerprint density at radius 1 is 1.43 bits per heavy atom. The Morgan fingerprint density at radius 3 is 2.83 bits per heavy atom. The fraction of sp³-hybridized carbons (Fsp3) is 0.529. The largest absolute Gasteiger partial charge is 0.496 e. The molecule has 1 aromatic carbocycles. The van der Waals surface area contributed by atoms with Crippen LogP contribution in [0.2, 0.25) is 0 Å². The highest BCUT2D eigenvalue weighted by Crippen LogP contribution is 2.23. The molecule has 0 saturated carbocycles. The minimum atomic E-state index is -1.00. The molecule has 126 valence electrons. The lowest BCUT2D eigenvalue weighted by Crippen LogP contribution is -2.59. The average molecular weight is 320 g/mol. The average Bonchev–Trinajstić information content (AvgIpc) is 2.54. The smallest absolute Gasteiger partial charge is 0.253 e. The van der Waals surface area contributed by atoms with E-state index in [4.69, 9.17) is 9.47 Å². The number of methoxy groups -OCH3 is 1. The lowest BCUT2D eigenvalue weighted by Gasteiger charge is -2.39. The number of hydrogen-bond donors (Lipinski definition) is 1. The predicted octanol–water partition coefficient (Wildman–Crippen LogP) is 0.910. The van der Waals surface area contributed by atoms with E-state index in [-0.39, 0.29) is 24.8 Å². The highest BCUT2D eigenvalue weighted by atomic mass is 16.5. The number of carbonyl (C=O) groups is 2. The van der Waals surface area contributed by atoms with Gasteiger partial charge in [-0.15, -0.1) is 0 Å². The Kier molecular flexibility index (Phi) is 5.26. The molecule has 0 radical (unpaired) electrons. The molecule has 6 heteroatoms. The lowest BCUT2D eigenvalue weighted by atomic mass is 10.0. The fourth-order valence-electron chi connectivity index (χ4n) is 2.80. The van der Waals surface area contributed by atoms with E-state index in [1.165, 1.54) is 0 Å². The quantitative estimate of drug-likeness (QED) is 0.895. The molecule has 0 aromatic heterocycles. The van der Waals surface area contributed by atoms with Crippen molar-refractivity contribution in [3.05, 3.63) is 29.3 Å². The minimum absolute atomic E-state index is 0.0349. The number of aryl methyl sites for hydroxylation is 1. The van der Waals surface area contributed by atoms with Gasteiger partial charge in [0, 0.05) is 19.2 Å². The van der Waals surface area contributed by atoms with E-state index >= 15 is 0 Å². The maximum absolute atomic E-state index is 12.6. The van der Waals surface area contributed by atoms with Crippen LogP contribution in [0, 0.1) is 6.92 Å². The van der Waals surface area contributed by atoms with Crippen molar-refractivity contribution in [3.8, 4) is 5.75 Å². The second kappa shape index (κ2) is 7.00. The molecule has 1 aromatic rings. The first-order valence-electron chi connectivity index (χ1n) is 7.67. The molecule has 1 saturated heterocycles. The molecule has 0 spiro atoms. The third kappa shape index (κ3) is 3.82. The lowest BCUT2D eigenvalue weighted by molar-refractivity contribution is -0.162. The van der Waals surface area contributed by atoms with Crippen LogP contribution in [0.25, 0.3) is 0 Å². The summed E-state index contributed by atoms with van der Waals surface area (Å²) >= 11 is 0. The zero-order chi connectivity index (χ0) is 17.0. The van der Waals surface area contributed by atoms with E-state index in [0.29, 0.717) is 18.9 Å². The zero-order valence-electron chi connectivity index (χ0n) is 14.1. The molecule has 2 rings (SSSR count). The number of morpholine rings is 1. The number of rotatable bonds is 4. The third-order valence-electron chi connectivity index (χ3n) is 4.11. The van der Waals surface area contributed by atoms with E-state index in [1.54, 1.807) is 26.0 Å². The van der Waals surface area contributed by atoms with Crippen LogP contribution in [0.15, 0.2) is 18.2 Å². The van der Waals surface area contributed by atoms with Gasteiger partial charge in [-0.05, 0) is 19.9 Å².